The molecule has 0 aliphatic heterocycles. The van der Waals surface area contributed by atoms with Gasteiger partial charge in [0.2, 0.25) is 0 Å². The maximum absolute atomic E-state index is 7.10. The molecule has 0 radical (unpaired) electrons. The van der Waals surface area contributed by atoms with Crippen LogP contribution in [0.3, 0.4) is 0 Å². The standard InChI is InChI=1S/C6H11N3/c1-6(2,3)9-5-4-7-8-9/h4-5H,1-3H3/i4T. The molecule has 0 aliphatic rings. The lowest BCUT2D eigenvalue weighted by molar-refractivity contribution is 0.347. The summed E-state index contributed by atoms with van der Waals surface area (Å²) < 4.78 is 8.78. The highest BCUT2D eigenvalue weighted by molar-refractivity contribution is 4.74. The van der Waals surface area contributed by atoms with E-state index < -0.39 is 0 Å². The first kappa shape index (κ1) is 4.97. The van der Waals surface area contributed by atoms with Crippen LogP contribution in [0.5, 0.6) is 0 Å². The maximum Gasteiger partial charge on any atom is 0.0877 e. The molecule has 1 heterocycles. The van der Waals surface area contributed by atoms with E-state index in [1.807, 2.05) is 20.8 Å². The average Bonchev–Trinajstić information content (AvgIpc) is 2.11. The summed E-state index contributed by atoms with van der Waals surface area (Å²) in [4.78, 5) is 0. The fourth-order valence-corrected chi connectivity index (χ4v) is 0.508. The third-order valence-corrected chi connectivity index (χ3v) is 1.07. The van der Waals surface area contributed by atoms with Crippen LogP contribution in [0.2, 0.25) is 0 Å². The summed E-state index contributed by atoms with van der Waals surface area (Å²) in [5.74, 6) is 0. The molecule has 0 saturated carbocycles. The van der Waals surface area contributed by atoms with E-state index in [0.29, 0.717) is 0 Å². The van der Waals surface area contributed by atoms with E-state index in [2.05, 4.69) is 10.3 Å². The number of aromatic nitrogens is 3. The first-order valence-corrected chi connectivity index (χ1v) is 2.89. The second kappa shape index (κ2) is 1.83. The molecule has 3 nitrogen and oxygen atoms in total. The quantitative estimate of drug-likeness (QED) is 0.521. The van der Waals surface area contributed by atoms with Crippen LogP contribution in [0.1, 0.15) is 22.1 Å². The van der Waals surface area contributed by atoms with Crippen molar-refractivity contribution in [3.8, 4) is 0 Å². The minimum absolute atomic E-state index is 0.0632. The fourth-order valence-electron chi connectivity index (χ4n) is 0.508. The van der Waals surface area contributed by atoms with Gasteiger partial charge >= 0.3 is 0 Å². The molecular formula is C6H11N3. The second-order valence-electron chi connectivity index (χ2n) is 2.96. The lowest BCUT2D eigenvalue weighted by Crippen LogP contribution is -2.22. The highest BCUT2D eigenvalue weighted by Crippen LogP contribution is 2.09. The highest BCUT2D eigenvalue weighted by Gasteiger charge is 2.11. The Morgan fingerprint density at radius 2 is 2.22 bits per heavy atom. The van der Waals surface area contributed by atoms with Crippen LogP contribution in [0, 0.1) is 0 Å². The van der Waals surface area contributed by atoms with Crippen LogP contribution < -0.4 is 0 Å². The van der Waals surface area contributed by atoms with Gasteiger partial charge in [0.25, 0.3) is 0 Å². The Hall–Kier alpha value is -0.860. The van der Waals surface area contributed by atoms with Crippen molar-refractivity contribution in [1.29, 1.82) is 0 Å². The Morgan fingerprint density at radius 3 is 2.44 bits per heavy atom. The van der Waals surface area contributed by atoms with E-state index in [0.717, 1.165) is 0 Å². The molecule has 1 aromatic rings. The molecule has 0 fully saturated rings. The molecule has 1 aromatic heterocycles. The normalized spacial score (nSPS) is 13.4. The third-order valence-electron chi connectivity index (χ3n) is 1.07. The fraction of sp³-hybridized carbons (Fsp3) is 0.667. The van der Waals surface area contributed by atoms with Crippen LogP contribution in [-0.2, 0) is 5.54 Å². The molecule has 0 bridgehead atoms. The van der Waals surface area contributed by atoms with E-state index >= 15 is 0 Å². The number of rotatable bonds is 0. The molecule has 0 amide bonds. The van der Waals surface area contributed by atoms with Gasteiger partial charge in [0.15, 0.2) is 0 Å². The number of hydrogen-bond acceptors (Lipinski definition) is 2. The topological polar surface area (TPSA) is 30.7 Å². The Kier molecular flexibility index (Phi) is 1.01. The lowest BCUT2D eigenvalue weighted by atomic mass is 10.1. The highest BCUT2D eigenvalue weighted by atomic mass is 15.4. The van der Waals surface area contributed by atoms with Crippen molar-refractivity contribution in [1.82, 2.24) is 15.0 Å². The van der Waals surface area contributed by atoms with Gasteiger partial charge in [-0.2, -0.15) is 0 Å². The Labute approximate surface area is 56.1 Å². The SMILES string of the molecule is [3H]c1cn(C(C)(C)C)nn1. The zero-order valence-corrected chi connectivity index (χ0v) is 5.92. The molecule has 0 unspecified atom stereocenters. The summed E-state index contributed by atoms with van der Waals surface area (Å²) in [6.45, 7) is 6.04. The molecule has 50 valence electrons. The monoisotopic (exact) mass is 127 g/mol. The Bertz CT molecular complexity index is 223. The van der Waals surface area contributed by atoms with Crippen molar-refractivity contribution in [2.45, 2.75) is 26.3 Å². The van der Waals surface area contributed by atoms with Crippen molar-refractivity contribution >= 4 is 0 Å². The van der Waals surface area contributed by atoms with Gasteiger partial charge in [-0.05, 0) is 20.8 Å². The van der Waals surface area contributed by atoms with Crippen LogP contribution in [0.4, 0.5) is 0 Å². The van der Waals surface area contributed by atoms with Crippen molar-refractivity contribution in [2.75, 3.05) is 0 Å². The number of nitrogens with zero attached hydrogens (tertiary/aromatic N) is 3. The Balaban J connectivity index is 2.96. The van der Waals surface area contributed by atoms with Gasteiger partial charge in [-0.25, -0.2) is 4.68 Å². The van der Waals surface area contributed by atoms with E-state index in [1.165, 1.54) is 0 Å². The van der Waals surface area contributed by atoms with Gasteiger partial charge in [0, 0.05) is 6.20 Å². The molecular weight excluding hydrogens is 114 g/mol. The molecule has 0 spiro atoms. The molecule has 0 aromatic carbocycles. The first-order valence-electron chi connectivity index (χ1n) is 3.39. The van der Waals surface area contributed by atoms with Gasteiger partial charge in [0.1, 0.15) is 0 Å². The van der Waals surface area contributed by atoms with E-state index in [4.69, 9.17) is 1.37 Å². The molecule has 0 atom stereocenters. The van der Waals surface area contributed by atoms with Crippen LogP contribution in [-0.4, -0.2) is 15.0 Å². The van der Waals surface area contributed by atoms with Crippen LogP contribution in [0.25, 0.3) is 0 Å². The van der Waals surface area contributed by atoms with Crippen molar-refractivity contribution < 1.29 is 1.37 Å². The lowest BCUT2D eigenvalue weighted by Gasteiger charge is -2.17. The molecule has 9 heavy (non-hydrogen) atoms. The summed E-state index contributed by atoms with van der Waals surface area (Å²) >= 11 is 0. The van der Waals surface area contributed by atoms with Gasteiger partial charge in [-0.15, -0.1) is 5.10 Å². The van der Waals surface area contributed by atoms with Gasteiger partial charge in [-0.1, -0.05) is 5.21 Å². The maximum atomic E-state index is 7.10. The molecule has 1 rings (SSSR count). The third kappa shape index (κ3) is 1.28. The van der Waals surface area contributed by atoms with Crippen LogP contribution in [0.15, 0.2) is 12.4 Å². The molecule has 3 heteroatoms. The summed E-state index contributed by atoms with van der Waals surface area (Å²) in [7, 11) is 0. The van der Waals surface area contributed by atoms with Crippen molar-refractivity contribution in [3.63, 3.8) is 0 Å². The predicted octanol–water partition coefficient (Wildman–Crippen LogP) is 1.03. The second-order valence-corrected chi connectivity index (χ2v) is 2.96. The van der Waals surface area contributed by atoms with Crippen LogP contribution >= 0.6 is 0 Å². The largest absolute Gasteiger partial charge is 0.247 e. The summed E-state index contributed by atoms with van der Waals surface area (Å²) in [6.07, 6.45) is 1.83. The molecule has 0 aliphatic carbocycles. The minimum atomic E-state index is -0.0632. The predicted molar refractivity (Wildman–Crippen MR) is 35.0 cm³/mol. The molecule has 0 saturated heterocycles. The van der Waals surface area contributed by atoms with Gasteiger partial charge < -0.3 is 0 Å². The average molecular weight is 127 g/mol. The van der Waals surface area contributed by atoms with Crippen molar-refractivity contribution in [2.24, 2.45) is 0 Å². The summed E-state index contributed by atoms with van der Waals surface area (Å²) in [6, 6.07) is 0. The van der Waals surface area contributed by atoms with Gasteiger partial charge in [0.05, 0.1) is 13.1 Å². The first-order chi connectivity index (χ1) is 4.50. The minimum Gasteiger partial charge on any atom is -0.247 e. The number of hydrogen-bond donors (Lipinski definition) is 0. The summed E-state index contributed by atoms with van der Waals surface area (Å²) in [5.41, 5.74) is -0.0632. The smallest absolute Gasteiger partial charge is 0.0877 e. The van der Waals surface area contributed by atoms with E-state index in [1.54, 1.807) is 10.9 Å². The zero-order valence-electron chi connectivity index (χ0n) is 6.92. The zero-order chi connectivity index (χ0) is 7.78. The van der Waals surface area contributed by atoms with Gasteiger partial charge in [-0.3, -0.25) is 0 Å². The van der Waals surface area contributed by atoms with Crippen molar-refractivity contribution in [3.05, 3.63) is 12.4 Å². The van der Waals surface area contributed by atoms with E-state index in [-0.39, 0.29) is 11.7 Å². The molecule has 0 N–H and O–H groups in total. The Morgan fingerprint density at radius 1 is 1.56 bits per heavy atom. The summed E-state index contributed by atoms with van der Waals surface area (Å²) in [5, 5.41) is 7.33. The van der Waals surface area contributed by atoms with E-state index in [9.17, 15) is 0 Å².